The minimum atomic E-state index is -3.64. The fraction of sp³-hybridized carbons (Fsp3) is 0.643. The number of carbonyl (C=O) groups is 1. The fourth-order valence-corrected chi connectivity index (χ4v) is 5.45. The molecule has 2 fully saturated rings. The summed E-state index contributed by atoms with van der Waals surface area (Å²) in [7, 11) is -3.64. The van der Waals surface area contributed by atoms with Gasteiger partial charge in [0, 0.05) is 11.3 Å². The third kappa shape index (κ3) is 3.46. The van der Waals surface area contributed by atoms with Crippen molar-refractivity contribution in [2.45, 2.75) is 42.9 Å². The van der Waals surface area contributed by atoms with Crippen molar-refractivity contribution >= 4 is 27.3 Å². The second-order valence-electron chi connectivity index (χ2n) is 6.18. The van der Waals surface area contributed by atoms with Gasteiger partial charge in [-0.05, 0) is 49.1 Å². The summed E-state index contributed by atoms with van der Waals surface area (Å²) in [5.41, 5.74) is 0. The number of hydrogen-bond acceptors (Lipinski definition) is 4. The maximum Gasteiger partial charge on any atom is 0.247 e. The smallest absolute Gasteiger partial charge is 0.247 e. The Labute approximate surface area is 129 Å². The number of fused-ring (bicyclic) bond motifs is 2. The fourth-order valence-electron chi connectivity index (χ4n) is 3.73. The van der Waals surface area contributed by atoms with Crippen molar-refractivity contribution in [2.75, 3.05) is 0 Å². The standard InChI is InChI=1S/C14H20N2O3S2/c15-21(18,19)14-4-3-12(20-14)8-16-13(17)7-11-6-9-1-2-10(11)5-9/h3-4,9-11H,1-2,5-8H2,(H,16,17)(H2,15,18,19). The van der Waals surface area contributed by atoms with Gasteiger partial charge in [-0.1, -0.05) is 6.42 Å². The molecule has 21 heavy (non-hydrogen) atoms. The highest BCUT2D eigenvalue weighted by atomic mass is 32.2. The Morgan fingerprint density at radius 3 is 2.71 bits per heavy atom. The molecule has 1 aromatic heterocycles. The molecular formula is C14H20N2O3S2. The molecule has 0 aromatic carbocycles. The van der Waals surface area contributed by atoms with Gasteiger partial charge < -0.3 is 5.32 Å². The van der Waals surface area contributed by atoms with Gasteiger partial charge in [-0.25, -0.2) is 13.6 Å². The minimum absolute atomic E-state index is 0.0677. The highest BCUT2D eigenvalue weighted by Crippen LogP contribution is 2.49. The quantitative estimate of drug-likeness (QED) is 0.864. The summed E-state index contributed by atoms with van der Waals surface area (Å²) in [6.45, 7) is 0.375. The van der Waals surface area contributed by atoms with E-state index in [1.807, 2.05) is 0 Å². The van der Waals surface area contributed by atoms with Crippen LogP contribution in [0.3, 0.4) is 0 Å². The van der Waals surface area contributed by atoms with Crippen molar-refractivity contribution in [3.63, 3.8) is 0 Å². The molecule has 3 N–H and O–H groups in total. The van der Waals surface area contributed by atoms with Gasteiger partial charge in [-0.15, -0.1) is 11.3 Å². The molecule has 7 heteroatoms. The van der Waals surface area contributed by atoms with Crippen molar-refractivity contribution in [3.8, 4) is 0 Å². The topological polar surface area (TPSA) is 89.3 Å². The Morgan fingerprint density at radius 2 is 2.14 bits per heavy atom. The lowest BCUT2D eigenvalue weighted by molar-refractivity contribution is -0.122. The maximum atomic E-state index is 12.0. The van der Waals surface area contributed by atoms with E-state index in [1.54, 1.807) is 6.07 Å². The van der Waals surface area contributed by atoms with Crippen molar-refractivity contribution in [3.05, 3.63) is 17.0 Å². The first-order valence-electron chi connectivity index (χ1n) is 7.30. The summed E-state index contributed by atoms with van der Waals surface area (Å²) < 4.78 is 22.5. The van der Waals surface area contributed by atoms with Gasteiger partial charge in [0.05, 0.1) is 6.54 Å². The van der Waals surface area contributed by atoms with Crippen LogP contribution in [-0.4, -0.2) is 14.3 Å². The van der Waals surface area contributed by atoms with Crippen LogP contribution in [0.25, 0.3) is 0 Å². The second kappa shape index (κ2) is 5.70. The largest absolute Gasteiger partial charge is 0.351 e. The summed E-state index contributed by atoms with van der Waals surface area (Å²) >= 11 is 1.11. The normalized spacial score (nSPS) is 28.0. The monoisotopic (exact) mass is 328 g/mol. The highest BCUT2D eigenvalue weighted by Gasteiger charge is 2.39. The lowest BCUT2D eigenvalue weighted by Gasteiger charge is -2.20. The van der Waals surface area contributed by atoms with E-state index in [0.717, 1.165) is 28.0 Å². The molecule has 3 rings (SSSR count). The zero-order valence-corrected chi connectivity index (χ0v) is 13.4. The molecule has 2 aliphatic rings. The van der Waals surface area contributed by atoms with Crippen LogP contribution in [0.15, 0.2) is 16.3 Å². The number of rotatable bonds is 5. The average Bonchev–Trinajstić information content (AvgIpc) is 3.11. The van der Waals surface area contributed by atoms with E-state index in [4.69, 9.17) is 5.14 Å². The molecule has 0 aliphatic heterocycles. The number of nitrogens with two attached hydrogens (primary N) is 1. The van der Waals surface area contributed by atoms with Crippen molar-refractivity contribution < 1.29 is 13.2 Å². The number of sulfonamides is 1. The molecular weight excluding hydrogens is 308 g/mol. The van der Waals surface area contributed by atoms with Crippen molar-refractivity contribution in [1.82, 2.24) is 5.32 Å². The molecule has 3 atom stereocenters. The van der Waals surface area contributed by atoms with Gasteiger partial charge >= 0.3 is 0 Å². The molecule has 1 amide bonds. The van der Waals surface area contributed by atoms with Gasteiger partial charge in [0.1, 0.15) is 4.21 Å². The Balaban J connectivity index is 1.49. The molecule has 0 saturated heterocycles. The van der Waals surface area contributed by atoms with Crippen LogP contribution in [0.1, 0.15) is 37.0 Å². The molecule has 2 saturated carbocycles. The first kappa shape index (κ1) is 15.0. The maximum absolute atomic E-state index is 12.0. The van der Waals surface area contributed by atoms with Crippen LogP contribution in [-0.2, 0) is 21.4 Å². The van der Waals surface area contributed by atoms with E-state index < -0.39 is 10.0 Å². The van der Waals surface area contributed by atoms with E-state index in [0.29, 0.717) is 18.9 Å². The molecule has 2 aliphatic carbocycles. The molecule has 3 unspecified atom stereocenters. The van der Waals surface area contributed by atoms with Crippen LogP contribution in [0, 0.1) is 17.8 Å². The highest BCUT2D eigenvalue weighted by molar-refractivity contribution is 7.91. The van der Waals surface area contributed by atoms with Gasteiger partial charge in [-0.2, -0.15) is 0 Å². The van der Waals surface area contributed by atoms with E-state index in [9.17, 15) is 13.2 Å². The number of thiophene rings is 1. The van der Waals surface area contributed by atoms with E-state index >= 15 is 0 Å². The lowest BCUT2D eigenvalue weighted by Crippen LogP contribution is -2.26. The van der Waals surface area contributed by atoms with Crippen LogP contribution < -0.4 is 10.5 Å². The Morgan fingerprint density at radius 1 is 1.33 bits per heavy atom. The Kier molecular flexibility index (Phi) is 4.07. The number of nitrogens with one attached hydrogen (secondary N) is 1. The molecule has 1 aromatic rings. The first-order valence-corrected chi connectivity index (χ1v) is 9.66. The third-order valence-electron chi connectivity index (χ3n) is 4.71. The zero-order valence-electron chi connectivity index (χ0n) is 11.7. The Bertz CT molecular complexity index is 638. The predicted octanol–water partition coefficient (Wildman–Crippen LogP) is 1.84. The molecule has 0 spiro atoms. The molecule has 1 heterocycles. The molecule has 116 valence electrons. The summed E-state index contributed by atoms with van der Waals surface area (Å²) in [5.74, 6) is 2.21. The van der Waals surface area contributed by atoms with E-state index in [-0.39, 0.29) is 10.1 Å². The summed E-state index contributed by atoms with van der Waals surface area (Å²) in [5, 5.41) is 7.95. The molecule has 2 bridgehead atoms. The summed E-state index contributed by atoms with van der Waals surface area (Å²) in [4.78, 5) is 12.8. The van der Waals surface area contributed by atoms with Crippen molar-refractivity contribution in [2.24, 2.45) is 22.9 Å². The van der Waals surface area contributed by atoms with Gasteiger partial charge in [-0.3, -0.25) is 4.79 Å². The number of amides is 1. The Hall–Kier alpha value is -0.920. The summed E-state index contributed by atoms with van der Waals surface area (Å²) in [6.07, 6.45) is 5.74. The van der Waals surface area contributed by atoms with E-state index in [1.165, 1.54) is 31.7 Å². The second-order valence-corrected chi connectivity index (χ2v) is 9.14. The van der Waals surface area contributed by atoms with Gasteiger partial charge in [0.15, 0.2) is 0 Å². The minimum Gasteiger partial charge on any atom is -0.351 e. The summed E-state index contributed by atoms with van der Waals surface area (Å²) in [6, 6.07) is 3.18. The SMILES string of the molecule is NS(=O)(=O)c1ccc(CNC(=O)CC2CC3CCC2C3)s1. The zero-order chi connectivity index (χ0) is 15.0. The van der Waals surface area contributed by atoms with Crippen molar-refractivity contribution in [1.29, 1.82) is 0 Å². The number of carbonyl (C=O) groups excluding carboxylic acids is 1. The molecule has 5 nitrogen and oxygen atoms in total. The van der Waals surface area contributed by atoms with Crippen LogP contribution >= 0.6 is 11.3 Å². The van der Waals surface area contributed by atoms with E-state index in [2.05, 4.69) is 5.32 Å². The number of hydrogen-bond donors (Lipinski definition) is 2. The van der Waals surface area contributed by atoms with Crippen LogP contribution in [0.2, 0.25) is 0 Å². The lowest BCUT2D eigenvalue weighted by atomic mass is 9.86. The first-order chi connectivity index (χ1) is 9.91. The molecule has 0 radical (unpaired) electrons. The average molecular weight is 328 g/mol. The van der Waals surface area contributed by atoms with Crippen LogP contribution in [0.4, 0.5) is 0 Å². The van der Waals surface area contributed by atoms with Gasteiger partial charge in [0.25, 0.3) is 0 Å². The number of primary sulfonamides is 1. The van der Waals surface area contributed by atoms with Crippen LogP contribution in [0.5, 0.6) is 0 Å². The third-order valence-corrected chi connectivity index (χ3v) is 7.23. The van der Waals surface area contributed by atoms with Gasteiger partial charge in [0.2, 0.25) is 15.9 Å². The predicted molar refractivity (Wildman–Crippen MR) is 81.1 cm³/mol.